The molecule has 0 spiro atoms. The number of rotatable bonds is 4. The van der Waals surface area contributed by atoms with Crippen molar-refractivity contribution in [3.63, 3.8) is 0 Å². The van der Waals surface area contributed by atoms with Gasteiger partial charge >= 0.3 is 0 Å². The molecule has 32 heavy (non-hydrogen) atoms. The quantitative estimate of drug-likeness (QED) is 0.512. The SMILES string of the molecule is CN1CCCC(C(=O)NC(C)(C)c2cccc(-c3nc4c(ncc5ncn(C)c54)s3)c2)C1. The Morgan fingerprint density at radius 3 is 2.91 bits per heavy atom. The lowest BCUT2D eigenvalue weighted by atomic mass is 9.90. The Balaban J connectivity index is 1.44. The van der Waals surface area contributed by atoms with E-state index in [-0.39, 0.29) is 11.8 Å². The molecule has 1 saturated heterocycles. The summed E-state index contributed by atoms with van der Waals surface area (Å²) in [6.45, 7) is 6.02. The fourth-order valence-corrected chi connectivity index (χ4v) is 5.44. The molecule has 3 aromatic heterocycles. The van der Waals surface area contributed by atoms with Crippen molar-refractivity contribution in [1.29, 1.82) is 0 Å². The van der Waals surface area contributed by atoms with Crippen molar-refractivity contribution in [1.82, 2.24) is 29.7 Å². The summed E-state index contributed by atoms with van der Waals surface area (Å²) in [5.41, 5.74) is 4.34. The van der Waals surface area contributed by atoms with Crippen molar-refractivity contribution in [3.8, 4) is 10.6 Å². The fourth-order valence-electron chi connectivity index (χ4n) is 4.53. The number of carbonyl (C=O) groups excluding carboxylic acids is 1. The molecule has 1 N–H and O–H groups in total. The van der Waals surface area contributed by atoms with Gasteiger partial charge in [-0.2, -0.15) is 0 Å². The molecular formula is C24H28N6OS. The summed E-state index contributed by atoms with van der Waals surface area (Å²) in [4.78, 5) is 30.0. The fraction of sp³-hybridized carbons (Fsp3) is 0.417. The van der Waals surface area contributed by atoms with Gasteiger partial charge in [-0.3, -0.25) is 4.79 Å². The maximum Gasteiger partial charge on any atom is 0.225 e. The average molecular weight is 449 g/mol. The first-order valence-electron chi connectivity index (χ1n) is 11.0. The molecule has 1 aliphatic heterocycles. The summed E-state index contributed by atoms with van der Waals surface area (Å²) >= 11 is 1.58. The highest BCUT2D eigenvalue weighted by Crippen LogP contribution is 2.34. The Morgan fingerprint density at radius 1 is 1.25 bits per heavy atom. The minimum Gasteiger partial charge on any atom is -0.347 e. The number of likely N-dealkylation sites (tertiary alicyclic amines) is 1. The molecule has 1 atom stereocenters. The summed E-state index contributed by atoms with van der Waals surface area (Å²) in [6, 6.07) is 8.30. The van der Waals surface area contributed by atoms with Gasteiger partial charge in [-0.15, -0.1) is 0 Å². The van der Waals surface area contributed by atoms with Crippen LogP contribution in [0, 0.1) is 5.92 Å². The van der Waals surface area contributed by atoms with Crippen molar-refractivity contribution in [2.24, 2.45) is 13.0 Å². The van der Waals surface area contributed by atoms with Crippen LogP contribution in [0.4, 0.5) is 0 Å². The van der Waals surface area contributed by atoms with Crippen LogP contribution in [0.1, 0.15) is 32.3 Å². The zero-order valence-corrected chi connectivity index (χ0v) is 19.7. The number of imidazole rings is 1. The van der Waals surface area contributed by atoms with Crippen molar-refractivity contribution in [2.45, 2.75) is 32.2 Å². The van der Waals surface area contributed by atoms with Crippen molar-refractivity contribution < 1.29 is 4.79 Å². The van der Waals surface area contributed by atoms with Crippen LogP contribution >= 0.6 is 11.3 Å². The topological polar surface area (TPSA) is 75.9 Å². The van der Waals surface area contributed by atoms with Crippen molar-refractivity contribution in [3.05, 3.63) is 42.4 Å². The van der Waals surface area contributed by atoms with E-state index in [1.807, 2.05) is 17.7 Å². The van der Waals surface area contributed by atoms with E-state index >= 15 is 0 Å². The second-order valence-corrected chi connectivity index (χ2v) is 10.3. The number of carbonyl (C=O) groups is 1. The number of thiazole rings is 1. The number of nitrogens with one attached hydrogen (secondary N) is 1. The number of nitrogens with zero attached hydrogens (tertiary/aromatic N) is 5. The standard InChI is InChI=1S/C24H28N6OS/c1-24(2,28-21(31)16-8-6-10-29(3)13-16)17-9-5-7-15(11-17)22-27-19-20-18(26-14-30(20)4)12-25-23(19)32-22/h5,7,9,11-12,14,16H,6,8,10,13H2,1-4H3,(H,28,31). The van der Waals surface area contributed by atoms with Crippen LogP contribution < -0.4 is 5.32 Å². The molecule has 1 aliphatic rings. The summed E-state index contributed by atoms with van der Waals surface area (Å²) in [7, 11) is 4.06. The van der Waals surface area contributed by atoms with Crippen LogP contribution in [0.3, 0.4) is 0 Å². The Kier molecular flexibility index (Phi) is 5.22. The number of benzene rings is 1. The van der Waals surface area contributed by atoms with E-state index in [1.54, 1.807) is 23.9 Å². The molecule has 4 heterocycles. The molecule has 5 rings (SSSR count). The maximum absolute atomic E-state index is 13.0. The number of aromatic nitrogens is 4. The minimum absolute atomic E-state index is 0.0489. The van der Waals surface area contributed by atoms with Crippen molar-refractivity contribution >= 4 is 38.6 Å². The second-order valence-electron chi connectivity index (χ2n) is 9.32. The van der Waals surface area contributed by atoms with E-state index in [0.29, 0.717) is 0 Å². The Labute approximate surface area is 191 Å². The molecule has 8 heteroatoms. The third-order valence-electron chi connectivity index (χ3n) is 6.37. The van der Waals surface area contributed by atoms with Gasteiger partial charge in [0, 0.05) is 19.2 Å². The third-order valence-corrected chi connectivity index (χ3v) is 7.38. The molecule has 1 aromatic carbocycles. The molecule has 1 amide bonds. The van der Waals surface area contributed by atoms with Crippen LogP contribution in [0.15, 0.2) is 36.8 Å². The van der Waals surface area contributed by atoms with Gasteiger partial charge in [-0.25, -0.2) is 15.0 Å². The molecule has 0 saturated carbocycles. The van der Waals surface area contributed by atoms with E-state index < -0.39 is 5.54 Å². The highest BCUT2D eigenvalue weighted by atomic mass is 32.1. The molecule has 1 fully saturated rings. The van der Waals surface area contributed by atoms with Gasteiger partial charge in [0.25, 0.3) is 0 Å². The normalized spacial score (nSPS) is 17.8. The van der Waals surface area contributed by atoms with E-state index in [9.17, 15) is 4.79 Å². The lowest BCUT2D eigenvalue weighted by molar-refractivity contribution is -0.128. The summed E-state index contributed by atoms with van der Waals surface area (Å²) in [6.07, 6.45) is 5.62. The Morgan fingerprint density at radius 2 is 2.09 bits per heavy atom. The summed E-state index contributed by atoms with van der Waals surface area (Å²) in [5.74, 6) is 0.183. The number of aryl methyl sites for hydroxylation is 1. The van der Waals surface area contributed by atoms with Gasteiger partial charge < -0.3 is 14.8 Å². The van der Waals surface area contributed by atoms with Crippen LogP contribution in [0.2, 0.25) is 0 Å². The third kappa shape index (κ3) is 3.78. The first kappa shape index (κ1) is 21.0. The van der Waals surface area contributed by atoms with Gasteiger partial charge in [-0.1, -0.05) is 29.5 Å². The van der Waals surface area contributed by atoms with E-state index in [2.05, 4.69) is 59.3 Å². The van der Waals surface area contributed by atoms with Gasteiger partial charge in [-0.05, 0) is 51.9 Å². The highest BCUT2D eigenvalue weighted by Gasteiger charge is 2.30. The Bertz CT molecular complexity index is 1310. The molecule has 0 aliphatic carbocycles. The molecule has 1 unspecified atom stereocenters. The molecular weight excluding hydrogens is 420 g/mol. The molecule has 4 aromatic rings. The first-order chi connectivity index (χ1) is 15.3. The van der Waals surface area contributed by atoms with Crippen molar-refractivity contribution in [2.75, 3.05) is 20.1 Å². The number of fused-ring (bicyclic) bond motifs is 3. The number of piperidine rings is 1. The number of amides is 1. The van der Waals surface area contributed by atoms with Gasteiger partial charge in [0.05, 0.1) is 29.5 Å². The number of hydrogen-bond donors (Lipinski definition) is 1. The largest absolute Gasteiger partial charge is 0.347 e. The molecule has 7 nitrogen and oxygen atoms in total. The lowest BCUT2D eigenvalue weighted by Gasteiger charge is -2.33. The van der Waals surface area contributed by atoms with Gasteiger partial charge in [0.1, 0.15) is 20.9 Å². The average Bonchev–Trinajstić information content (AvgIpc) is 3.37. The zero-order chi connectivity index (χ0) is 22.5. The number of pyridine rings is 1. The summed E-state index contributed by atoms with van der Waals surface area (Å²) < 4.78 is 1.99. The monoisotopic (exact) mass is 448 g/mol. The molecule has 0 radical (unpaired) electrons. The highest BCUT2D eigenvalue weighted by molar-refractivity contribution is 7.21. The van der Waals surface area contributed by atoms with E-state index in [1.165, 1.54) is 0 Å². The number of hydrogen-bond acceptors (Lipinski definition) is 6. The van der Waals surface area contributed by atoms with Crippen LogP contribution in [0.25, 0.3) is 32.0 Å². The van der Waals surface area contributed by atoms with Crippen LogP contribution in [0.5, 0.6) is 0 Å². The van der Waals surface area contributed by atoms with Crippen LogP contribution in [-0.2, 0) is 17.4 Å². The maximum atomic E-state index is 13.0. The van der Waals surface area contributed by atoms with E-state index in [0.717, 1.165) is 63.4 Å². The first-order valence-corrected chi connectivity index (χ1v) is 11.8. The van der Waals surface area contributed by atoms with Crippen LogP contribution in [-0.4, -0.2) is 50.5 Å². The molecule has 0 bridgehead atoms. The minimum atomic E-state index is -0.479. The predicted octanol–water partition coefficient (Wildman–Crippen LogP) is 3.94. The lowest BCUT2D eigenvalue weighted by Crippen LogP contribution is -2.48. The second kappa shape index (κ2) is 7.94. The Hall–Kier alpha value is -2.84. The zero-order valence-electron chi connectivity index (χ0n) is 18.9. The van der Waals surface area contributed by atoms with Gasteiger partial charge in [0.2, 0.25) is 5.91 Å². The molecule has 166 valence electrons. The summed E-state index contributed by atoms with van der Waals surface area (Å²) in [5, 5.41) is 4.21. The van der Waals surface area contributed by atoms with Gasteiger partial charge in [0.15, 0.2) is 0 Å². The smallest absolute Gasteiger partial charge is 0.225 e. The predicted molar refractivity (Wildman–Crippen MR) is 129 cm³/mol. The van der Waals surface area contributed by atoms with E-state index in [4.69, 9.17) is 4.98 Å².